The highest BCUT2D eigenvalue weighted by Gasteiger charge is 2.37. The van der Waals surface area contributed by atoms with Gasteiger partial charge in [-0.3, -0.25) is 4.79 Å². The van der Waals surface area contributed by atoms with Crippen molar-refractivity contribution in [2.75, 3.05) is 37.0 Å². The molecular formula is C28H35ClN2O6S. The third-order valence-corrected chi connectivity index (χ3v) is 9.40. The Balaban J connectivity index is 1.51. The Bertz CT molecular complexity index is 1270. The summed E-state index contributed by atoms with van der Waals surface area (Å²) in [7, 11) is -3.87. The number of hydrogen-bond donors (Lipinski definition) is 2. The van der Waals surface area contributed by atoms with Gasteiger partial charge in [0.2, 0.25) is 10.0 Å². The molecule has 0 spiro atoms. The molecule has 10 heteroatoms. The normalized spacial score (nSPS) is 26.4. The zero-order chi connectivity index (χ0) is 26.7. The van der Waals surface area contributed by atoms with E-state index in [4.69, 9.17) is 21.1 Å². The van der Waals surface area contributed by atoms with Crippen LogP contribution in [-0.2, 0) is 27.8 Å². The van der Waals surface area contributed by atoms with Crippen LogP contribution >= 0.6 is 11.6 Å². The van der Waals surface area contributed by atoms with Gasteiger partial charge < -0.3 is 19.5 Å². The molecule has 2 heterocycles. The summed E-state index contributed by atoms with van der Waals surface area (Å²) < 4.78 is 38.9. The van der Waals surface area contributed by atoms with Gasteiger partial charge in [-0.15, -0.1) is 0 Å². The van der Waals surface area contributed by atoms with Crippen molar-refractivity contribution in [1.82, 2.24) is 4.72 Å². The highest BCUT2D eigenvalue weighted by Crippen LogP contribution is 2.41. The zero-order valence-corrected chi connectivity index (χ0v) is 23.0. The van der Waals surface area contributed by atoms with Crippen molar-refractivity contribution in [1.29, 1.82) is 0 Å². The number of fused-ring (bicyclic) bond motifs is 3. The number of aliphatic hydroxyl groups excluding tert-OH is 1. The molecule has 206 valence electrons. The number of aliphatic hydroxyl groups is 1. The maximum absolute atomic E-state index is 13.0. The van der Waals surface area contributed by atoms with Gasteiger partial charge in [0, 0.05) is 30.3 Å². The summed E-state index contributed by atoms with van der Waals surface area (Å²) in [6.45, 7) is 2.07. The van der Waals surface area contributed by atoms with Crippen molar-refractivity contribution in [2.24, 2.45) is 11.8 Å². The molecule has 0 unspecified atom stereocenters. The number of carbonyl (C=O) groups excluding carboxylic acids is 1. The van der Waals surface area contributed by atoms with Crippen LogP contribution in [0.25, 0.3) is 0 Å². The molecule has 0 saturated heterocycles. The molecule has 1 saturated carbocycles. The highest BCUT2D eigenvalue weighted by molar-refractivity contribution is 7.90. The Kier molecular flexibility index (Phi) is 8.47. The molecule has 3 atom stereocenters. The number of anilines is 1. The van der Waals surface area contributed by atoms with Crippen LogP contribution in [-0.4, -0.2) is 57.6 Å². The predicted octanol–water partition coefficient (Wildman–Crippen LogP) is 3.93. The second-order valence-electron chi connectivity index (χ2n) is 10.5. The predicted molar refractivity (Wildman–Crippen MR) is 146 cm³/mol. The molecule has 2 N–H and O–H groups in total. The highest BCUT2D eigenvalue weighted by atomic mass is 35.5. The van der Waals surface area contributed by atoms with Crippen molar-refractivity contribution >= 4 is 33.2 Å². The number of halogens is 1. The molecule has 8 nitrogen and oxygen atoms in total. The fourth-order valence-corrected chi connectivity index (χ4v) is 6.67. The number of rotatable bonds is 0. The molecule has 1 fully saturated rings. The lowest BCUT2D eigenvalue weighted by molar-refractivity contribution is -0.00675. The minimum Gasteiger partial charge on any atom is -0.487 e. The average molecular weight is 563 g/mol. The average Bonchev–Trinajstić information content (AvgIpc) is 2.88. The first kappa shape index (κ1) is 27.2. The van der Waals surface area contributed by atoms with Gasteiger partial charge >= 0.3 is 0 Å². The van der Waals surface area contributed by atoms with Crippen LogP contribution in [0.5, 0.6) is 5.75 Å². The fraction of sp³-hybridized carbons (Fsp3) is 0.536. The van der Waals surface area contributed by atoms with Gasteiger partial charge in [-0.25, -0.2) is 13.1 Å². The van der Waals surface area contributed by atoms with E-state index in [2.05, 4.69) is 9.62 Å². The van der Waals surface area contributed by atoms with Gasteiger partial charge in [0.25, 0.3) is 5.91 Å². The smallest absolute Gasteiger partial charge is 0.264 e. The van der Waals surface area contributed by atoms with E-state index in [1.165, 1.54) is 5.56 Å². The molecular weight excluding hydrogens is 528 g/mol. The van der Waals surface area contributed by atoms with Crippen LogP contribution < -0.4 is 14.4 Å². The summed E-state index contributed by atoms with van der Waals surface area (Å²) in [6, 6.07) is 10.9. The molecule has 0 radical (unpaired) electrons. The lowest BCUT2D eigenvalue weighted by Crippen LogP contribution is -2.44. The van der Waals surface area contributed by atoms with Crippen molar-refractivity contribution in [3.63, 3.8) is 0 Å². The Labute approximate surface area is 229 Å². The van der Waals surface area contributed by atoms with Gasteiger partial charge in [-0.05, 0) is 91.8 Å². The number of amides is 1. The number of benzene rings is 2. The maximum atomic E-state index is 13.0. The van der Waals surface area contributed by atoms with Gasteiger partial charge in [-0.1, -0.05) is 17.7 Å². The van der Waals surface area contributed by atoms with Crippen LogP contribution in [0.1, 0.15) is 53.6 Å². The summed E-state index contributed by atoms with van der Waals surface area (Å²) in [5, 5.41) is 11.6. The van der Waals surface area contributed by atoms with Crippen LogP contribution in [0.3, 0.4) is 0 Å². The largest absolute Gasteiger partial charge is 0.487 e. The molecule has 5 rings (SSSR count). The number of ether oxygens (including phenoxy) is 2. The van der Waals surface area contributed by atoms with Gasteiger partial charge in [-0.2, -0.15) is 0 Å². The first-order chi connectivity index (χ1) is 18.3. The molecule has 3 aliphatic rings. The molecule has 1 amide bonds. The third kappa shape index (κ3) is 6.45. The third-order valence-electron chi connectivity index (χ3n) is 7.97. The Hall–Kier alpha value is -2.33. The second-order valence-corrected chi connectivity index (χ2v) is 12.8. The summed E-state index contributed by atoms with van der Waals surface area (Å²) >= 11 is 6.27. The van der Waals surface area contributed by atoms with E-state index in [1.54, 1.807) is 18.2 Å². The van der Waals surface area contributed by atoms with E-state index < -0.39 is 22.0 Å². The number of sulfonamides is 1. The number of carbonyl (C=O) groups is 1. The van der Waals surface area contributed by atoms with E-state index in [-0.39, 0.29) is 30.4 Å². The quantitative estimate of drug-likeness (QED) is 0.501. The monoisotopic (exact) mass is 562 g/mol. The SMILES string of the molecule is O=C1NS(=O)(=O)CCOCC[C@@H](O)[C@@H]2CC[C@H]2CN2CCCCc3cc(Cl)ccc3COc3ccc1cc32. The second kappa shape index (κ2) is 11.8. The van der Waals surface area contributed by atoms with Gasteiger partial charge in [0.15, 0.2) is 0 Å². The summed E-state index contributed by atoms with van der Waals surface area (Å²) in [5.41, 5.74) is 3.26. The Morgan fingerprint density at radius 2 is 1.89 bits per heavy atom. The minimum absolute atomic E-state index is 0.0398. The van der Waals surface area contributed by atoms with Crippen LogP contribution in [0.4, 0.5) is 5.69 Å². The number of aryl methyl sites for hydroxylation is 1. The summed E-state index contributed by atoms with van der Waals surface area (Å²) in [4.78, 5) is 15.2. The Morgan fingerprint density at radius 3 is 2.71 bits per heavy atom. The van der Waals surface area contributed by atoms with Crippen molar-refractivity contribution in [2.45, 2.75) is 51.2 Å². The molecule has 2 bridgehead atoms. The number of nitrogens with one attached hydrogen (secondary N) is 1. The van der Waals surface area contributed by atoms with Gasteiger partial charge in [0.05, 0.1) is 24.2 Å². The molecule has 1 aliphatic carbocycles. The van der Waals surface area contributed by atoms with Crippen LogP contribution in [0, 0.1) is 11.8 Å². The van der Waals surface area contributed by atoms with Crippen molar-refractivity contribution in [3.05, 3.63) is 58.1 Å². The maximum Gasteiger partial charge on any atom is 0.264 e. The number of nitrogens with zero attached hydrogens (tertiary/aromatic N) is 1. The first-order valence-electron chi connectivity index (χ1n) is 13.4. The topological polar surface area (TPSA) is 105 Å². The molecule has 2 aliphatic heterocycles. The van der Waals surface area contributed by atoms with Crippen molar-refractivity contribution in [3.8, 4) is 5.75 Å². The van der Waals surface area contributed by atoms with Crippen LogP contribution in [0.2, 0.25) is 5.02 Å². The number of hydrogen-bond acceptors (Lipinski definition) is 7. The van der Waals surface area contributed by atoms with E-state index >= 15 is 0 Å². The van der Waals surface area contributed by atoms with E-state index in [9.17, 15) is 18.3 Å². The van der Waals surface area contributed by atoms with Crippen molar-refractivity contribution < 1.29 is 27.8 Å². The standard InChI is InChI=1S/C28H35ClN2O6S/c29-23-7-4-22-18-37-27-9-6-20-16-25(27)31(11-2-1-3-19(22)15-23)17-21-5-8-24(21)26(32)10-12-36-13-14-38(34,35)30-28(20)33/h4,6-7,9,15-16,21,24,26,32H,1-3,5,8,10-14,17-18H2,(H,30,33)/t21-,24+,26+/m0/s1. The van der Waals surface area contributed by atoms with E-state index in [0.717, 1.165) is 56.4 Å². The van der Waals surface area contributed by atoms with Gasteiger partial charge in [0.1, 0.15) is 12.4 Å². The van der Waals surface area contributed by atoms with E-state index in [0.29, 0.717) is 29.7 Å². The summed E-state index contributed by atoms with van der Waals surface area (Å²) in [5.74, 6) is 0.106. The zero-order valence-electron chi connectivity index (χ0n) is 21.4. The Morgan fingerprint density at radius 1 is 1.03 bits per heavy atom. The minimum atomic E-state index is -3.87. The fourth-order valence-electron chi connectivity index (χ4n) is 5.63. The molecule has 38 heavy (non-hydrogen) atoms. The first-order valence-corrected chi connectivity index (χ1v) is 15.4. The van der Waals surface area contributed by atoms with Crippen LogP contribution in [0.15, 0.2) is 36.4 Å². The molecule has 2 aromatic carbocycles. The lowest BCUT2D eigenvalue weighted by atomic mass is 9.69. The molecule has 2 aromatic rings. The lowest BCUT2D eigenvalue weighted by Gasteiger charge is -2.43. The van der Waals surface area contributed by atoms with E-state index in [1.807, 2.05) is 18.2 Å². The molecule has 0 aromatic heterocycles. The summed E-state index contributed by atoms with van der Waals surface area (Å²) in [6.07, 6.45) is 4.71.